The van der Waals surface area contributed by atoms with Crippen molar-refractivity contribution >= 4 is 5.69 Å². The Hall–Kier alpha value is -1.02. The van der Waals surface area contributed by atoms with Crippen molar-refractivity contribution in [3.05, 3.63) is 29.8 Å². The van der Waals surface area contributed by atoms with E-state index < -0.39 is 0 Å². The normalized spacial score (nSPS) is 11.3. The highest BCUT2D eigenvalue weighted by Crippen LogP contribution is 2.14. The molecule has 0 radical (unpaired) electrons. The Morgan fingerprint density at radius 2 is 1.11 bits per heavy atom. The van der Waals surface area contributed by atoms with Crippen LogP contribution in [-0.2, 0) is 6.54 Å². The fraction of sp³-hybridized carbons (Fsp3) is 0.769. The van der Waals surface area contributed by atoms with Crippen LogP contribution in [0.5, 0.6) is 0 Å². The third-order valence-corrected chi connectivity index (χ3v) is 5.53. The van der Waals surface area contributed by atoms with Crippen LogP contribution < -0.4 is 10.6 Å². The predicted octanol–water partition coefficient (Wildman–Crippen LogP) is 8.08. The number of hydrogen-bond acceptors (Lipinski definition) is 2. The lowest BCUT2D eigenvalue weighted by molar-refractivity contribution is 0.537. The highest BCUT2D eigenvalue weighted by molar-refractivity contribution is 5.44. The molecule has 162 valence electrons. The molecule has 0 unspecified atom stereocenters. The van der Waals surface area contributed by atoms with E-state index in [1.165, 1.54) is 101 Å². The van der Waals surface area contributed by atoms with Crippen molar-refractivity contribution in [1.29, 1.82) is 0 Å². The number of benzene rings is 1. The zero-order valence-electron chi connectivity index (χ0n) is 19.2. The van der Waals surface area contributed by atoms with Gasteiger partial charge in [-0.05, 0) is 24.1 Å². The number of nitrogens with one attached hydrogen (secondary N) is 2. The van der Waals surface area contributed by atoms with Gasteiger partial charge in [-0.3, -0.25) is 0 Å². The SMILES string of the molecule is CCCCCCCCCCCCCCCCNc1ccc(CNC(C)C)cc1. The summed E-state index contributed by atoms with van der Waals surface area (Å²) in [6, 6.07) is 9.41. The largest absolute Gasteiger partial charge is 0.385 e. The van der Waals surface area contributed by atoms with Gasteiger partial charge < -0.3 is 10.6 Å². The van der Waals surface area contributed by atoms with Crippen LogP contribution in [-0.4, -0.2) is 12.6 Å². The fourth-order valence-electron chi connectivity index (χ4n) is 3.61. The topological polar surface area (TPSA) is 24.1 Å². The minimum atomic E-state index is 0.540. The molecular formula is C26H48N2. The molecule has 1 aromatic rings. The number of unbranched alkanes of at least 4 members (excludes halogenated alkanes) is 13. The molecule has 0 aromatic heterocycles. The second-order valence-corrected chi connectivity index (χ2v) is 8.76. The Balaban J connectivity index is 1.85. The standard InChI is InChI=1S/C26H48N2/c1-4-5-6-7-8-9-10-11-12-13-14-15-16-17-22-27-26-20-18-25(19-21-26)23-28-24(2)3/h18-21,24,27-28H,4-17,22-23H2,1-3H3. The Bertz CT molecular complexity index is 438. The van der Waals surface area contributed by atoms with Gasteiger partial charge >= 0.3 is 0 Å². The minimum Gasteiger partial charge on any atom is -0.385 e. The third kappa shape index (κ3) is 15.0. The molecule has 1 aromatic carbocycles. The highest BCUT2D eigenvalue weighted by Gasteiger charge is 1.97. The van der Waals surface area contributed by atoms with Gasteiger partial charge in [0.05, 0.1) is 0 Å². The summed E-state index contributed by atoms with van der Waals surface area (Å²) in [4.78, 5) is 0. The van der Waals surface area contributed by atoms with Crippen molar-refractivity contribution in [2.75, 3.05) is 11.9 Å². The lowest BCUT2D eigenvalue weighted by Crippen LogP contribution is -2.21. The van der Waals surface area contributed by atoms with Gasteiger partial charge in [-0.25, -0.2) is 0 Å². The summed E-state index contributed by atoms with van der Waals surface area (Å²) in [7, 11) is 0. The van der Waals surface area contributed by atoms with Crippen LogP contribution >= 0.6 is 0 Å². The first-order valence-corrected chi connectivity index (χ1v) is 12.3. The Morgan fingerprint density at radius 1 is 0.643 bits per heavy atom. The van der Waals surface area contributed by atoms with Gasteiger partial charge in [0.2, 0.25) is 0 Å². The van der Waals surface area contributed by atoms with E-state index in [9.17, 15) is 0 Å². The maximum Gasteiger partial charge on any atom is 0.0340 e. The van der Waals surface area contributed by atoms with E-state index in [1.54, 1.807) is 0 Å². The number of hydrogen-bond donors (Lipinski definition) is 2. The first-order valence-electron chi connectivity index (χ1n) is 12.3. The van der Waals surface area contributed by atoms with E-state index in [4.69, 9.17) is 0 Å². The molecule has 0 aliphatic carbocycles. The zero-order valence-corrected chi connectivity index (χ0v) is 19.2. The summed E-state index contributed by atoms with van der Waals surface area (Å²) in [6.07, 6.45) is 19.9. The molecule has 0 aliphatic heterocycles. The van der Waals surface area contributed by atoms with Gasteiger partial charge in [0.15, 0.2) is 0 Å². The zero-order chi connectivity index (χ0) is 20.3. The molecule has 0 spiro atoms. The third-order valence-electron chi connectivity index (χ3n) is 5.53. The molecular weight excluding hydrogens is 340 g/mol. The lowest BCUT2D eigenvalue weighted by Gasteiger charge is -2.10. The minimum absolute atomic E-state index is 0.540. The summed E-state index contributed by atoms with van der Waals surface area (Å²) >= 11 is 0. The van der Waals surface area contributed by atoms with Gasteiger partial charge in [-0.15, -0.1) is 0 Å². The molecule has 0 fully saturated rings. The van der Waals surface area contributed by atoms with Crippen molar-refractivity contribution in [2.45, 2.75) is 123 Å². The van der Waals surface area contributed by atoms with Crippen LogP contribution in [0.15, 0.2) is 24.3 Å². The van der Waals surface area contributed by atoms with Crippen molar-refractivity contribution in [2.24, 2.45) is 0 Å². The van der Waals surface area contributed by atoms with Crippen molar-refractivity contribution < 1.29 is 0 Å². The molecule has 2 N–H and O–H groups in total. The van der Waals surface area contributed by atoms with Crippen LogP contribution in [0.2, 0.25) is 0 Å². The van der Waals surface area contributed by atoms with E-state index in [0.717, 1.165) is 13.1 Å². The van der Waals surface area contributed by atoms with E-state index in [0.29, 0.717) is 6.04 Å². The molecule has 0 heterocycles. The van der Waals surface area contributed by atoms with E-state index in [1.807, 2.05) is 0 Å². The fourth-order valence-corrected chi connectivity index (χ4v) is 3.61. The average Bonchev–Trinajstić information content (AvgIpc) is 2.70. The van der Waals surface area contributed by atoms with Crippen molar-refractivity contribution in [3.8, 4) is 0 Å². The second-order valence-electron chi connectivity index (χ2n) is 8.76. The summed E-state index contributed by atoms with van der Waals surface area (Å²) in [5.74, 6) is 0. The van der Waals surface area contributed by atoms with Crippen LogP contribution in [0.1, 0.15) is 116 Å². The van der Waals surface area contributed by atoms with Crippen LogP contribution in [0, 0.1) is 0 Å². The molecule has 0 aliphatic rings. The van der Waals surface area contributed by atoms with Gasteiger partial charge in [0, 0.05) is 24.8 Å². The molecule has 0 amide bonds. The number of rotatable bonds is 19. The number of anilines is 1. The lowest BCUT2D eigenvalue weighted by atomic mass is 10.0. The molecule has 0 saturated carbocycles. The first-order chi connectivity index (χ1) is 13.7. The van der Waals surface area contributed by atoms with Gasteiger partial charge in [0.1, 0.15) is 0 Å². The summed E-state index contributed by atoms with van der Waals surface area (Å²) in [5.41, 5.74) is 2.61. The van der Waals surface area contributed by atoms with E-state index >= 15 is 0 Å². The first kappa shape index (κ1) is 25.0. The van der Waals surface area contributed by atoms with Crippen LogP contribution in [0.25, 0.3) is 0 Å². The summed E-state index contributed by atoms with van der Waals surface area (Å²) in [5, 5.41) is 7.02. The van der Waals surface area contributed by atoms with Crippen molar-refractivity contribution in [3.63, 3.8) is 0 Å². The smallest absolute Gasteiger partial charge is 0.0340 e. The maximum absolute atomic E-state index is 3.56. The molecule has 0 bridgehead atoms. The maximum atomic E-state index is 3.56. The predicted molar refractivity (Wildman–Crippen MR) is 127 cm³/mol. The second kappa shape index (κ2) is 18.0. The quantitative estimate of drug-likeness (QED) is 0.234. The molecule has 2 nitrogen and oxygen atoms in total. The van der Waals surface area contributed by atoms with Crippen LogP contribution in [0.4, 0.5) is 5.69 Å². The molecule has 28 heavy (non-hydrogen) atoms. The molecule has 0 saturated heterocycles. The van der Waals surface area contributed by atoms with Gasteiger partial charge in [0.25, 0.3) is 0 Å². The monoisotopic (exact) mass is 388 g/mol. The molecule has 1 rings (SSSR count). The Labute approximate surface area is 176 Å². The van der Waals surface area contributed by atoms with E-state index in [-0.39, 0.29) is 0 Å². The Kier molecular flexibility index (Phi) is 16.1. The average molecular weight is 389 g/mol. The van der Waals surface area contributed by atoms with Gasteiger partial charge in [-0.1, -0.05) is 116 Å². The highest BCUT2D eigenvalue weighted by atomic mass is 14.9. The van der Waals surface area contributed by atoms with Crippen LogP contribution in [0.3, 0.4) is 0 Å². The van der Waals surface area contributed by atoms with E-state index in [2.05, 4.69) is 55.7 Å². The molecule has 2 heteroatoms. The van der Waals surface area contributed by atoms with Crippen molar-refractivity contribution in [1.82, 2.24) is 5.32 Å². The summed E-state index contributed by atoms with van der Waals surface area (Å²) < 4.78 is 0. The summed E-state index contributed by atoms with van der Waals surface area (Å²) in [6.45, 7) is 8.72. The van der Waals surface area contributed by atoms with Gasteiger partial charge in [-0.2, -0.15) is 0 Å². The molecule has 0 atom stereocenters. The Morgan fingerprint density at radius 3 is 1.57 bits per heavy atom.